The second-order valence-corrected chi connectivity index (χ2v) is 6.57. The molecule has 0 saturated heterocycles. The number of carbonyl (C=O) groups excluding carboxylic acids is 1. The predicted molar refractivity (Wildman–Crippen MR) is 74.3 cm³/mol. The molecule has 0 spiro atoms. The molecular formula is C12H12ClN3O3S. The lowest BCUT2D eigenvalue weighted by Crippen LogP contribution is -2.23. The van der Waals surface area contributed by atoms with Crippen molar-refractivity contribution in [3.8, 4) is 0 Å². The lowest BCUT2D eigenvalue weighted by molar-refractivity contribution is 0.0950. The molecule has 0 atom stereocenters. The van der Waals surface area contributed by atoms with Gasteiger partial charge in [-0.3, -0.25) is 4.79 Å². The molecular weight excluding hydrogens is 302 g/mol. The molecule has 1 heterocycles. The largest absolute Gasteiger partial charge is 0.347 e. The Balaban J connectivity index is 2.18. The van der Waals surface area contributed by atoms with E-state index in [1.807, 2.05) is 0 Å². The van der Waals surface area contributed by atoms with E-state index in [9.17, 15) is 13.2 Å². The summed E-state index contributed by atoms with van der Waals surface area (Å²) in [6.45, 7) is 0.273. The van der Waals surface area contributed by atoms with Crippen LogP contribution in [0.25, 0.3) is 0 Å². The molecule has 106 valence electrons. The lowest BCUT2D eigenvalue weighted by atomic mass is 10.2. The Morgan fingerprint density at radius 2 is 2.20 bits per heavy atom. The summed E-state index contributed by atoms with van der Waals surface area (Å²) in [5, 5.41) is 2.75. The van der Waals surface area contributed by atoms with E-state index in [-0.39, 0.29) is 27.9 Å². The van der Waals surface area contributed by atoms with Crippen molar-refractivity contribution in [1.82, 2.24) is 15.3 Å². The quantitative estimate of drug-likeness (QED) is 0.892. The number of aromatic nitrogens is 2. The molecule has 0 aliphatic carbocycles. The molecule has 0 fully saturated rings. The van der Waals surface area contributed by atoms with E-state index in [0.717, 1.165) is 11.9 Å². The molecule has 2 N–H and O–H groups in total. The fourth-order valence-corrected chi connectivity index (χ4v) is 2.89. The molecule has 0 aliphatic heterocycles. The summed E-state index contributed by atoms with van der Waals surface area (Å²) >= 11 is 5.82. The van der Waals surface area contributed by atoms with Crippen molar-refractivity contribution in [3.05, 3.63) is 47.0 Å². The summed E-state index contributed by atoms with van der Waals surface area (Å²) in [5.41, 5.74) is 0.977. The van der Waals surface area contributed by atoms with E-state index < -0.39 is 9.84 Å². The highest BCUT2D eigenvalue weighted by atomic mass is 35.5. The van der Waals surface area contributed by atoms with Crippen molar-refractivity contribution in [1.29, 1.82) is 0 Å². The molecule has 8 heteroatoms. The van der Waals surface area contributed by atoms with E-state index in [1.54, 1.807) is 6.20 Å². The van der Waals surface area contributed by atoms with E-state index >= 15 is 0 Å². The number of sulfone groups is 1. The van der Waals surface area contributed by atoms with Crippen LogP contribution in [0.2, 0.25) is 5.02 Å². The third-order valence-electron chi connectivity index (χ3n) is 2.59. The number of nitrogens with zero attached hydrogens (tertiary/aromatic N) is 1. The van der Waals surface area contributed by atoms with Crippen molar-refractivity contribution >= 4 is 27.3 Å². The van der Waals surface area contributed by atoms with Crippen LogP contribution >= 0.6 is 11.6 Å². The van der Waals surface area contributed by atoms with Gasteiger partial charge in [0.2, 0.25) is 0 Å². The normalized spacial score (nSPS) is 11.3. The number of aromatic amines is 1. The average Bonchev–Trinajstić information content (AvgIpc) is 2.88. The summed E-state index contributed by atoms with van der Waals surface area (Å²) in [5.74, 6) is -0.388. The first-order valence-corrected chi connectivity index (χ1v) is 7.90. The van der Waals surface area contributed by atoms with Crippen LogP contribution in [0.4, 0.5) is 0 Å². The first kappa shape index (κ1) is 14.5. The SMILES string of the molecule is CS(=O)(=O)c1cc(C(=O)NCc2cnc[nH]2)ccc1Cl. The van der Waals surface area contributed by atoms with Gasteiger partial charge in [-0.1, -0.05) is 11.6 Å². The van der Waals surface area contributed by atoms with E-state index in [2.05, 4.69) is 15.3 Å². The first-order chi connectivity index (χ1) is 9.38. The molecule has 2 aromatic rings. The molecule has 6 nitrogen and oxygen atoms in total. The fourth-order valence-electron chi connectivity index (χ4n) is 1.59. The number of carbonyl (C=O) groups is 1. The Bertz CT molecular complexity index is 726. The molecule has 0 unspecified atom stereocenters. The molecule has 1 amide bonds. The third-order valence-corrected chi connectivity index (χ3v) is 4.17. The van der Waals surface area contributed by atoms with Gasteiger partial charge in [-0.2, -0.15) is 0 Å². The highest BCUT2D eigenvalue weighted by Crippen LogP contribution is 2.22. The Morgan fingerprint density at radius 1 is 1.45 bits per heavy atom. The summed E-state index contributed by atoms with van der Waals surface area (Å²) in [7, 11) is -3.48. The third kappa shape index (κ3) is 3.37. The second kappa shape index (κ2) is 5.64. The van der Waals surface area contributed by atoms with Gasteiger partial charge in [-0.05, 0) is 18.2 Å². The van der Waals surface area contributed by atoms with Crippen LogP contribution in [0.5, 0.6) is 0 Å². The van der Waals surface area contributed by atoms with Gasteiger partial charge in [0.15, 0.2) is 9.84 Å². The van der Waals surface area contributed by atoms with Crippen LogP contribution in [0.15, 0.2) is 35.6 Å². The van der Waals surface area contributed by atoms with Gasteiger partial charge < -0.3 is 10.3 Å². The monoisotopic (exact) mass is 313 g/mol. The van der Waals surface area contributed by atoms with Crippen molar-refractivity contribution in [2.75, 3.05) is 6.26 Å². The Morgan fingerprint density at radius 3 is 2.80 bits per heavy atom. The lowest BCUT2D eigenvalue weighted by Gasteiger charge is -2.07. The zero-order chi connectivity index (χ0) is 14.8. The summed E-state index contributed by atoms with van der Waals surface area (Å²) < 4.78 is 23.1. The van der Waals surface area contributed by atoms with Gasteiger partial charge in [0.25, 0.3) is 5.91 Å². The summed E-state index contributed by atoms with van der Waals surface area (Å²) in [6.07, 6.45) is 4.14. The van der Waals surface area contributed by atoms with Gasteiger partial charge in [0, 0.05) is 18.0 Å². The minimum absolute atomic E-state index is 0.0617. The fraction of sp³-hybridized carbons (Fsp3) is 0.167. The van der Waals surface area contributed by atoms with Crippen molar-refractivity contribution < 1.29 is 13.2 Å². The van der Waals surface area contributed by atoms with Crippen molar-refractivity contribution in [2.45, 2.75) is 11.4 Å². The van der Waals surface area contributed by atoms with Crippen LogP contribution < -0.4 is 5.32 Å². The highest BCUT2D eigenvalue weighted by molar-refractivity contribution is 7.90. The van der Waals surface area contributed by atoms with Gasteiger partial charge >= 0.3 is 0 Å². The molecule has 1 aromatic carbocycles. The molecule has 0 bridgehead atoms. The maximum atomic E-state index is 11.9. The van der Waals surface area contributed by atoms with E-state index in [1.165, 1.54) is 24.5 Å². The van der Waals surface area contributed by atoms with Gasteiger partial charge in [0.05, 0.1) is 28.5 Å². The van der Waals surface area contributed by atoms with Gasteiger partial charge in [-0.25, -0.2) is 13.4 Å². The molecule has 2 rings (SSSR count). The minimum atomic E-state index is -3.48. The smallest absolute Gasteiger partial charge is 0.251 e. The van der Waals surface area contributed by atoms with E-state index in [4.69, 9.17) is 11.6 Å². The number of rotatable bonds is 4. The zero-order valence-electron chi connectivity index (χ0n) is 10.6. The number of amides is 1. The number of hydrogen-bond acceptors (Lipinski definition) is 4. The van der Waals surface area contributed by atoms with E-state index in [0.29, 0.717) is 0 Å². The number of H-pyrrole nitrogens is 1. The molecule has 20 heavy (non-hydrogen) atoms. The summed E-state index contributed by atoms with van der Waals surface area (Å²) in [6, 6.07) is 4.13. The Kier molecular flexibility index (Phi) is 4.10. The predicted octanol–water partition coefficient (Wildman–Crippen LogP) is 1.40. The minimum Gasteiger partial charge on any atom is -0.347 e. The topological polar surface area (TPSA) is 91.9 Å². The molecule has 0 aliphatic rings. The van der Waals surface area contributed by atoms with Crippen LogP contribution in [0, 0.1) is 0 Å². The van der Waals surface area contributed by atoms with Crippen LogP contribution in [-0.2, 0) is 16.4 Å². The average molecular weight is 314 g/mol. The number of benzene rings is 1. The molecule has 0 radical (unpaired) electrons. The maximum absolute atomic E-state index is 11.9. The van der Waals surface area contributed by atoms with Crippen LogP contribution in [0.3, 0.4) is 0 Å². The Labute approximate surface area is 121 Å². The van der Waals surface area contributed by atoms with Crippen LogP contribution in [-0.4, -0.2) is 30.5 Å². The summed E-state index contributed by atoms with van der Waals surface area (Å²) in [4.78, 5) is 18.6. The van der Waals surface area contributed by atoms with Crippen molar-refractivity contribution in [3.63, 3.8) is 0 Å². The number of nitrogens with one attached hydrogen (secondary N) is 2. The second-order valence-electron chi connectivity index (χ2n) is 4.18. The van der Waals surface area contributed by atoms with Gasteiger partial charge in [-0.15, -0.1) is 0 Å². The first-order valence-electron chi connectivity index (χ1n) is 5.63. The molecule has 1 aromatic heterocycles. The van der Waals surface area contributed by atoms with Gasteiger partial charge in [0.1, 0.15) is 0 Å². The maximum Gasteiger partial charge on any atom is 0.251 e. The number of halogens is 1. The Hall–Kier alpha value is -1.86. The highest BCUT2D eigenvalue weighted by Gasteiger charge is 2.15. The standard InChI is InChI=1S/C12H12ClN3O3S/c1-20(18,19)11-4-8(2-3-10(11)13)12(17)15-6-9-5-14-7-16-9/h2-5,7H,6H2,1H3,(H,14,16)(H,15,17). The van der Waals surface area contributed by atoms with Crippen LogP contribution in [0.1, 0.15) is 16.1 Å². The molecule has 0 saturated carbocycles. The van der Waals surface area contributed by atoms with Crippen molar-refractivity contribution in [2.24, 2.45) is 0 Å². The zero-order valence-corrected chi connectivity index (χ0v) is 12.1. The number of imidazole rings is 1. The number of hydrogen-bond donors (Lipinski definition) is 2.